The molecule has 41 heavy (non-hydrogen) atoms. The first-order valence-corrected chi connectivity index (χ1v) is 13.1. The van der Waals surface area contributed by atoms with E-state index in [0.717, 1.165) is 11.1 Å². The number of hydrogen-bond acceptors (Lipinski definition) is 7. The van der Waals surface area contributed by atoms with Crippen LogP contribution < -0.4 is 39.9 Å². The molecule has 4 aromatic rings. The minimum absolute atomic E-state index is 0.245. The van der Waals surface area contributed by atoms with Gasteiger partial charge in [0.1, 0.15) is 18.1 Å². The van der Waals surface area contributed by atoms with Crippen molar-refractivity contribution in [3.8, 4) is 28.7 Å². The first kappa shape index (κ1) is 29.5. The van der Waals surface area contributed by atoms with E-state index in [0.29, 0.717) is 40.1 Å². The summed E-state index contributed by atoms with van der Waals surface area (Å²) in [6.45, 7) is 2.22. The highest BCUT2D eigenvalue weighted by Gasteiger charge is 2.14. The number of rotatable bonds is 11. The predicted octanol–water partition coefficient (Wildman–Crippen LogP) is 7.77. The lowest BCUT2D eigenvalue weighted by Crippen LogP contribution is -2.32. The van der Waals surface area contributed by atoms with Gasteiger partial charge in [0.05, 0.1) is 42.7 Å². The Morgan fingerprint density at radius 2 is 1.46 bits per heavy atom. The molecule has 2 amide bonds. The van der Waals surface area contributed by atoms with Gasteiger partial charge in [-0.25, -0.2) is 4.79 Å². The lowest BCUT2D eigenvalue weighted by molar-refractivity contribution is 0.189. The number of carbonyl (C=O) groups excluding carboxylic acids is 1. The van der Waals surface area contributed by atoms with E-state index in [9.17, 15) is 4.79 Å². The number of nitrogens with one attached hydrogen (secondary N) is 3. The summed E-state index contributed by atoms with van der Waals surface area (Å²) < 4.78 is 22.3. The van der Waals surface area contributed by atoms with Gasteiger partial charge in [0.25, 0.3) is 0 Å². The maximum absolute atomic E-state index is 12.6. The second-order valence-electron chi connectivity index (χ2n) is 8.75. The van der Waals surface area contributed by atoms with Gasteiger partial charge in [0.2, 0.25) is 0 Å². The van der Waals surface area contributed by atoms with Crippen LogP contribution >= 0.6 is 23.2 Å². The molecule has 0 saturated carbocycles. The van der Waals surface area contributed by atoms with E-state index >= 15 is 0 Å². The molecule has 4 aromatic carbocycles. The van der Waals surface area contributed by atoms with Crippen LogP contribution in [0.5, 0.6) is 28.7 Å². The molecule has 0 aliphatic heterocycles. The molecule has 0 spiro atoms. The molecule has 3 N–H and O–H groups in total. The van der Waals surface area contributed by atoms with Crippen LogP contribution in [0.25, 0.3) is 0 Å². The molecule has 11 heteroatoms. The van der Waals surface area contributed by atoms with E-state index in [4.69, 9.17) is 47.0 Å². The molecule has 0 unspecified atom stereocenters. The van der Waals surface area contributed by atoms with Gasteiger partial charge >= 0.3 is 6.03 Å². The van der Waals surface area contributed by atoms with Crippen molar-refractivity contribution in [3.63, 3.8) is 0 Å². The maximum atomic E-state index is 12.6. The Bertz CT molecular complexity index is 1490. The van der Waals surface area contributed by atoms with Crippen LogP contribution in [-0.2, 0) is 6.61 Å². The largest absolute Gasteiger partial charge is 0.497 e. The highest BCUT2D eigenvalue weighted by molar-refractivity contribution is 6.39. The van der Waals surface area contributed by atoms with E-state index in [1.807, 2.05) is 37.3 Å². The highest BCUT2D eigenvalue weighted by atomic mass is 35.5. The fourth-order valence-corrected chi connectivity index (χ4v) is 4.29. The second kappa shape index (κ2) is 13.7. The molecule has 4 rings (SSSR count). The number of para-hydroxylation sites is 1. The van der Waals surface area contributed by atoms with Gasteiger partial charge in [-0.1, -0.05) is 41.4 Å². The fraction of sp³-hybridized carbons (Fsp3) is 0.167. The number of anilines is 3. The Morgan fingerprint density at radius 1 is 0.780 bits per heavy atom. The highest BCUT2D eigenvalue weighted by Crippen LogP contribution is 2.34. The van der Waals surface area contributed by atoms with Crippen LogP contribution in [0.15, 0.2) is 72.8 Å². The van der Waals surface area contributed by atoms with Gasteiger partial charge in [-0.05, 0) is 54.4 Å². The van der Waals surface area contributed by atoms with E-state index in [1.54, 1.807) is 63.8 Å². The average molecular weight is 598 g/mol. The van der Waals surface area contributed by atoms with Gasteiger partial charge in [0, 0.05) is 23.9 Å². The van der Waals surface area contributed by atoms with E-state index in [2.05, 4.69) is 16.1 Å². The molecule has 0 aliphatic carbocycles. The molecule has 9 nitrogen and oxygen atoms in total. The third-order valence-corrected chi connectivity index (χ3v) is 6.47. The lowest BCUT2D eigenvalue weighted by atomic mass is 10.1. The van der Waals surface area contributed by atoms with E-state index in [-0.39, 0.29) is 22.3 Å². The summed E-state index contributed by atoms with van der Waals surface area (Å²) in [5.41, 5.74) is 5.71. The fourth-order valence-electron chi connectivity index (χ4n) is 3.80. The second-order valence-corrected chi connectivity index (χ2v) is 9.57. The van der Waals surface area contributed by atoms with Crippen molar-refractivity contribution < 1.29 is 28.6 Å². The Morgan fingerprint density at radius 3 is 2.12 bits per heavy atom. The Balaban J connectivity index is 1.57. The van der Waals surface area contributed by atoms with Crippen molar-refractivity contribution in [3.05, 3.63) is 94.0 Å². The monoisotopic (exact) mass is 597 g/mol. The summed E-state index contributed by atoms with van der Waals surface area (Å²) >= 11 is 12.3. The van der Waals surface area contributed by atoms with Crippen LogP contribution in [0, 0.1) is 6.92 Å². The van der Waals surface area contributed by atoms with Crippen molar-refractivity contribution in [1.82, 2.24) is 5.48 Å². The summed E-state index contributed by atoms with van der Waals surface area (Å²) in [6, 6.07) is 20.7. The molecule has 0 atom stereocenters. The summed E-state index contributed by atoms with van der Waals surface area (Å²) in [5, 5.41) is 6.47. The summed E-state index contributed by atoms with van der Waals surface area (Å²) in [7, 11) is 4.73. The minimum atomic E-state index is -0.673. The van der Waals surface area contributed by atoms with Gasteiger partial charge in [-0.2, -0.15) is 5.48 Å². The zero-order valence-electron chi connectivity index (χ0n) is 22.8. The summed E-state index contributed by atoms with van der Waals surface area (Å²) in [5.74, 6) is 2.76. The average Bonchev–Trinajstić information content (AvgIpc) is 2.97. The van der Waals surface area contributed by atoms with E-state index in [1.165, 1.54) is 0 Å². The normalized spacial score (nSPS) is 10.4. The molecule has 0 fully saturated rings. The van der Waals surface area contributed by atoms with Crippen LogP contribution in [0.2, 0.25) is 10.0 Å². The smallest absolute Gasteiger partial charge is 0.352 e. The van der Waals surface area contributed by atoms with Crippen molar-refractivity contribution in [2.45, 2.75) is 13.5 Å². The molecule has 0 bridgehead atoms. The van der Waals surface area contributed by atoms with Crippen LogP contribution in [0.3, 0.4) is 0 Å². The van der Waals surface area contributed by atoms with Gasteiger partial charge in [0.15, 0.2) is 17.2 Å². The number of hydrogen-bond donors (Lipinski definition) is 3. The number of carbonyl (C=O) groups is 1. The van der Waals surface area contributed by atoms with Gasteiger partial charge < -0.3 is 34.4 Å². The van der Waals surface area contributed by atoms with Crippen molar-refractivity contribution in [2.75, 3.05) is 32.0 Å². The quantitative estimate of drug-likeness (QED) is 0.152. The lowest BCUT2D eigenvalue weighted by Gasteiger charge is -2.17. The summed E-state index contributed by atoms with van der Waals surface area (Å²) in [4.78, 5) is 18.3. The number of ether oxygens (including phenoxy) is 4. The molecule has 0 aromatic heterocycles. The van der Waals surface area contributed by atoms with Crippen molar-refractivity contribution in [2.24, 2.45) is 0 Å². The number of urea groups is 1. The van der Waals surface area contributed by atoms with Crippen molar-refractivity contribution in [1.29, 1.82) is 0 Å². The first-order chi connectivity index (χ1) is 19.8. The predicted molar refractivity (Wildman–Crippen MR) is 161 cm³/mol. The van der Waals surface area contributed by atoms with Crippen molar-refractivity contribution >= 4 is 46.3 Å². The standard InChI is InChI=1S/C30H29Cl2N3O6/c1-18-8-10-27(28(12-18)39-4)40-17-19-9-11-26(41-35-30(36)34-29-23(31)6-5-7-24(29)32)25(13-19)33-20-14-21(37-2)16-22(15-20)38-3/h5-16,33H,17H2,1-4H3,(H2,34,35,36). The first-order valence-electron chi connectivity index (χ1n) is 12.4. The molecule has 0 saturated heterocycles. The van der Waals surface area contributed by atoms with Crippen LogP contribution in [0.4, 0.5) is 21.9 Å². The molecule has 0 heterocycles. The maximum Gasteiger partial charge on any atom is 0.352 e. The van der Waals surface area contributed by atoms with Crippen LogP contribution in [-0.4, -0.2) is 27.4 Å². The molecule has 214 valence electrons. The third kappa shape index (κ3) is 7.81. The topological polar surface area (TPSA) is 99.3 Å². The number of hydroxylamine groups is 1. The van der Waals surface area contributed by atoms with Gasteiger partial charge in [-0.3, -0.25) is 0 Å². The third-order valence-electron chi connectivity index (χ3n) is 5.84. The van der Waals surface area contributed by atoms with Gasteiger partial charge in [-0.15, -0.1) is 0 Å². The SMILES string of the molecule is COc1cc(Nc2cc(COc3ccc(C)cc3OC)ccc2ONC(=O)Nc2c(Cl)cccc2Cl)cc(OC)c1. The molecule has 0 radical (unpaired) electrons. The molecular formula is C30H29Cl2N3O6. The van der Waals surface area contributed by atoms with Crippen LogP contribution in [0.1, 0.15) is 11.1 Å². The number of benzene rings is 4. The zero-order chi connectivity index (χ0) is 29.4. The Hall–Kier alpha value is -4.47. The Kier molecular flexibility index (Phi) is 9.89. The van der Waals surface area contributed by atoms with E-state index < -0.39 is 6.03 Å². The number of halogens is 2. The number of methoxy groups -OCH3 is 3. The zero-order valence-corrected chi connectivity index (χ0v) is 24.4. The minimum Gasteiger partial charge on any atom is -0.497 e. The number of amides is 2. The molecular weight excluding hydrogens is 569 g/mol. The Labute approximate surface area is 248 Å². The summed E-state index contributed by atoms with van der Waals surface area (Å²) in [6.07, 6.45) is 0. The number of aryl methyl sites for hydroxylation is 1. The molecule has 0 aliphatic rings.